The van der Waals surface area contributed by atoms with Gasteiger partial charge in [0, 0.05) is 11.8 Å². The summed E-state index contributed by atoms with van der Waals surface area (Å²) < 4.78 is 11.3. The number of anilines is 1. The van der Waals surface area contributed by atoms with Gasteiger partial charge in [0.2, 0.25) is 0 Å². The Hall–Kier alpha value is -3.48. The number of ether oxygens (including phenoxy) is 2. The van der Waals surface area contributed by atoms with Crippen LogP contribution in [0.2, 0.25) is 10.0 Å². The minimum absolute atomic E-state index is 0.0505. The van der Waals surface area contributed by atoms with Gasteiger partial charge in [0.1, 0.15) is 17.3 Å². The molecule has 1 unspecified atom stereocenters. The number of rotatable bonds is 7. The summed E-state index contributed by atoms with van der Waals surface area (Å²) in [5.74, 6) is -1.04. The molecule has 1 heterocycles. The Morgan fingerprint density at radius 1 is 0.944 bits per heavy atom. The van der Waals surface area contributed by atoms with Crippen LogP contribution in [0.15, 0.2) is 66.2 Å². The van der Waals surface area contributed by atoms with Crippen LogP contribution in [-0.2, 0) is 9.59 Å². The fraction of sp³-hybridized carbons (Fsp3) is 0.214. The number of hydrogen-bond acceptors (Lipinski definition) is 5. The molecule has 0 bridgehead atoms. The highest BCUT2D eigenvalue weighted by Gasteiger charge is 2.47. The lowest BCUT2D eigenvalue weighted by molar-refractivity contribution is -0.132. The summed E-state index contributed by atoms with van der Waals surface area (Å²) in [4.78, 5) is 28.2. The summed E-state index contributed by atoms with van der Waals surface area (Å²) >= 11 is 12.3. The molecule has 1 fully saturated rings. The number of aliphatic hydroxyl groups is 1. The van der Waals surface area contributed by atoms with Gasteiger partial charge in [-0.25, -0.2) is 0 Å². The third kappa shape index (κ3) is 4.66. The second kappa shape index (κ2) is 10.6. The van der Waals surface area contributed by atoms with Crippen molar-refractivity contribution in [1.82, 2.24) is 0 Å². The largest absolute Gasteiger partial charge is 0.507 e. The summed E-state index contributed by atoms with van der Waals surface area (Å²) in [6, 6.07) is 16.2. The molecule has 186 valence electrons. The van der Waals surface area contributed by atoms with E-state index in [1.54, 1.807) is 30.3 Å². The lowest BCUT2D eigenvalue weighted by Crippen LogP contribution is -2.29. The first kappa shape index (κ1) is 25.6. The van der Waals surface area contributed by atoms with Gasteiger partial charge in [0.25, 0.3) is 11.7 Å². The molecule has 1 atom stereocenters. The Kier molecular flexibility index (Phi) is 7.57. The van der Waals surface area contributed by atoms with Crippen LogP contribution in [0.5, 0.6) is 11.5 Å². The van der Waals surface area contributed by atoms with E-state index >= 15 is 0 Å². The summed E-state index contributed by atoms with van der Waals surface area (Å²) in [7, 11) is 0. The van der Waals surface area contributed by atoms with Gasteiger partial charge in [0.05, 0.1) is 40.4 Å². The second-order valence-corrected chi connectivity index (χ2v) is 8.96. The molecule has 3 aromatic carbocycles. The van der Waals surface area contributed by atoms with Gasteiger partial charge in [-0.05, 0) is 62.2 Å². The molecule has 0 aliphatic carbocycles. The number of Topliss-reactive ketones (excluding diaryl/α,β-unsaturated/α-hetero) is 1. The number of benzene rings is 3. The quantitative estimate of drug-likeness (QED) is 0.210. The Balaban J connectivity index is 1.97. The van der Waals surface area contributed by atoms with Crippen molar-refractivity contribution in [3.05, 3.63) is 93.0 Å². The van der Waals surface area contributed by atoms with Crippen molar-refractivity contribution in [2.75, 3.05) is 18.1 Å². The number of aryl methyl sites for hydroxylation is 1. The van der Waals surface area contributed by atoms with Crippen LogP contribution < -0.4 is 14.4 Å². The smallest absolute Gasteiger partial charge is 0.300 e. The fourth-order valence-electron chi connectivity index (χ4n) is 4.30. The average molecular weight is 526 g/mol. The molecule has 1 amide bonds. The fourth-order valence-corrected chi connectivity index (χ4v) is 4.59. The molecule has 1 saturated heterocycles. The molecule has 0 aromatic heterocycles. The van der Waals surface area contributed by atoms with Gasteiger partial charge in [-0.15, -0.1) is 0 Å². The van der Waals surface area contributed by atoms with E-state index in [0.29, 0.717) is 41.0 Å². The zero-order chi connectivity index (χ0) is 26.0. The molecule has 1 N–H and O–H groups in total. The van der Waals surface area contributed by atoms with E-state index in [1.165, 1.54) is 11.0 Å². The summed E-state index contributed by atoms with van der Waals surface area (Å²) in [6.07, 6.45) is 0. The van der Waals surface area contributed by atoms with Crippen LogP contribution in [0.3, 0.4) is 0 Å². The Labute approximate surface area is 219 Å². The second-order valence-electron chi connectivity index (χ2n) is 8.15. The lowest BCUT2D eigenvalue weighted by Gasteiger charge is -2.27. The minimum Gasteiger partial charge on any atom is -0.507 e. The number of carbonyl (C=O) groups excluding carboxylic acids is 2. The topological polar surface area (TPSA) is 76.1 Å². The molecule has 1 aliphatic heterocycles. The number of aliphatic hydroxyl groups excluding tert-OH is 1. The van der Waals surface area contributed by atoms with E-state index in [4.69, 9.17) is 32.7 Å². The summed E-state index contributed by atoms with van der Waals surface area (Å²) in [5, 5.41) is 12.1. The number of carbonyl (C=O) groups is 2. The minimum atomic E-state index is -0.899. The average Bonchev–Trinajstić information content (AvgIpc) is 3.11. The van der Waals surface area contributed by atoms with Crippen LogP contribution in [0.1, 0.15) is 36.6 Å². The highest BCUT2D eigenvalue weighted by Crippen LogP contribution is 2.45. The van der Waals surface area contributed by atoms with E-state index in [9.17, 15) is 14.7 Å². The number of halogens is 2. The van der Waals surface area contributed by atoms with Gasteiger partial charge in [-0.3, -0.25) is 14.5 Å². The van der Waals surface area contributed by atoms with Crippen molar-refractivity contribution in [2.45, 2.75) is 26.8 Å². The van der Waals surface area contributed by atoms with E-state index in [2.05, 4.69) is 0 Å². The molecule has 0 spiro atoms. The Bertz CT molecular complexity index is 1370. The first-order valence-electron chi connectivity index (χ1n) is 11.5. The van der Waals surface area contributed by atoms with Crippen LogP contribution in [-0.4, -0.2) is 30.0 Å². The maximum atomic E-state index is 13.5. The molecule has 1 aliphatic rings. The third-order valence-electron chi connectivity index (χ3n) is 5.93. The normalized spacial score (nSPS) is 16.9. The molecule has 4 rings (SSSR count). The molecular weight excluding hydrogens is 501 g/mol. The number of amides is 1. The van der Waals surface area contributed by atoms with Gasteiger partial charge in [0.15, 0.2) is 0 Å². The van der Waals surface area contributed by atoms with E-state index in [-0.39, 0.29) is 21.9 Å². The van der Waals surface area contributed by atoms with Crippen molar-refractivity contribution < 1.29 is 24.2 Å². The van der Waals surface area contributed by atoms with Crippen molar-refractivity contribution in [3.8, 4) is 11.5 Å². The summed E-state index contributed by atoms with van der Waals surface area (Å²) in [6.45, 7) is 6.34. The predicted molar refractivity (Wildman–Crippen MR) is 141 cm³/mol. The van der Waals surface area contributed by atoms with Crippen LogP contribution in [0.25, 0.3) is 5.76 Å². The number of ketones is 1. The summed E-state index contributed by atoms with van der Waals surface area (Å²) in [5.41, 5.74) is 2.15. The van der Waals surface area contributed by atoms with Crippen LogP contribution in [0, 0.1) is 6.92 Å². The lowest BCUT2D eigenvalue weighted by atomic mass is 9.92. The Morgan fingerprint density at radius 2 is 1.67 bits per heavy atom. The van der Waals surface area contributed by atoms with Gasteiger partial charge in [-0.2, -0.15) is 0 Å². The van der Waals surface area contributed by atoms with Gasteiger partial charge in [-0.1, -0.05) is 47.5 Å². The molecule has 8 heteroatoms. The van der Waals surface area contributed by atoms with Crippen molar-refractivity contribution >= 4 is 46.3 Å². The standard InChI is InChI=1S/C28H25Cl2NO5/c1-4-35-18-11-12-20(23(15-18)36-5-2)26(32)24-25(19-9-7-6-8-16(19)3)31(28(34)27(24)33)17-10-13-21(29)22(30)14-17/h6-15,25,32H,4-5H2,1-3H3/b26-24+. The molecular formula is C28H25Cl2NO5. The zero-order valence-corrected chi connectivity index (χ0v) is 21.6. The molecule has 36 heavy (non-hydrogen) atoms. The van der Waals surface area contributed by atoms with Gasteiger partial charge < -0.3 is 14.6 Å². The highest BCUT2D eigenvalue weighted by molar-refractivity contribution is 6.52. The zero-order valence-electron chi connectivity index (χ0n) is 20.0. The first-order chi connectivity index (χ1) is 17.3. The molecule has 6 nitrogen and oxygen atoms in total. The predicted octanol–water partition coefficient (Wildman–Crippen LogP) is 6.73. The SMILES string of the molecule is CCOc1ccc(/C(O)=C2\C(=O)C(=O)N(c3ccc(Cl)c(Cl)c3)C2c2ccccc2C)c(OCC)c1. The first-order valence-corrected chi connectivity index (χ1v) is 12.3. The van der Waals surface area contributed by atoms with Crippen LogP contribution in [0.4, 0.5) is 5.69 Å². The van der Waals surface area contributed by atoms with Crippen molar-refractivity contribution in [2.24, 2.45) is 0 Å². The van der Waals surface area contributed by atoms with Gasteiger partial charge >= 0.3 is 0 Å². The van der Waals surface area contributed by atoms with E-state index < -0.39 is 17.7 Å². The maximum absolute atomic E-state index is 13.5. The van der Waals surface area contributed by atoms with Crippen molar-refractivity contribution in [1.29, 1.82) is 0 Å². The monoisotopic (exact) mass is 525 g/mol. The third-order valence-corrected chi connectivity index (χ3v) is 6.67. The molecule has 0 saturated carbocycles. The van der Waals surface area contributed by atoms with Crippen LogP contribution >= 0.6 is 23.2 Å². The number of nitrogens with zero attached hydrogens (tertiary/aromatic N) is 1. The number of hydrogen-bond donors (Lipinski definition) is 1. The van der Waals surface area contributed by atoms with Crippen molar-refractivity contribution in [3.63, 3.8) is 0 Å². The van der Waals surface area contributed by atoms with E-state index in [1.807, 2.05) is 45.0 Å². The maximum Gasteiger partial charge on any atom is 0.300 e. The molecule has 3 aromatic rings. The Morgan fingerprint density at radius 3 is 2.33 bits per heavy atom. The molecule has 0 radical (unpaired) electrons. The highest BCUT2D eigenvalue weighted by atomic mass is 35.5. The van der Waals surface area contributed by atoms with E-state index in [0.717, 1.165) is 5.56 Å².